The topological polar surface area (TPSA) is 124 Å². The van der Waals surface area contributed by atoms with Gasteiger partial charge in [0.05, 0.1) is 12.4 Å². The molecule has 7 nitrogen and oxygen atoms in total. The standard InChI is InChI=1S/C6H10O5S.C3H5NO.Na/c1-2-6(7)11-4-3-5-12(8,9)10;1-2-3(4)5;/h2H,1,3-5H2,(H,8,9,10);2H,1H2,(H2,4,5);. The van der Waals surface area contributed by atoms with Gasteiger partial charge in [-0.05, 0) is 12.5 Å². The van der Waals surface area contributed by atoms with Gasteiger partial charge in [-0.2, -0.15) is 8.42 Å². The Morgan fingerprint density at radius 1 is 1.28 bits per heavy atom. The Bertz CT molecular complexity index is 379. The van der Waals surface area contributed by atoms with Crippen molar-refractivity contribution >= 4 is 51.6 Å². The molecule has 0 saturated carbocycles. The number of esters is 1. The van der Waals surface area contributed by atoms with Gasteiger partial charge in [-0.3, -0.25) is 9.35 Å². The van der Waals surface area contributed by atoms with Crippen molar-refractivity contribution < 1.29 is 27.3 Å². The van der Waals surface area contributed by atoms with Crippen molar-refractivity contribution in [2.45, 2.75) is 6.42 Å². The fourth-order valence-electron chi connectivity index (χ4n) is 0.473. The molecule has 0 aromatic heterocycles. The zero-order valence-electron chi connectivity index (χ0n) is 10.2. The molecule has 0 spiro atoms. The molecule has 0 aliphatic rings. The van der Waals surface area contributed by atoms with Crippen LogP contribution in [0.2, 0.25) is 0 Å². The van der Waals surface area contributed by atoms with Crippen molar-refractivity contribution in [3.8, 4) is 0 Å². The molecule has 99 valence electrons. The average molecular weight is 288 g/mol. The SMILES string of the molecule is C=CC(=O)OCCCS(=O)(=O)O.C=CC(N)=O.[Na]. The molecule has 18 heavy (non-hydrogen) atoms. The van der Waals surface area contributed by atoms with Crippen LogP contribution in [0, 0.1) is 0 Å². The van der Waals surface area contributed by atoms with Crippen LogP contribution < -0.4 is 5.73 Å². The van der Waals surface area contributed by atoms with E-state index in [9.17, 15) is 18.0 Å². The predicted molar refractivity (Wildman–Crippen MR) is 67.3 cm³/mol. The first-order valence-electron chi connectivity index (χ1n) is 4.39. The minimum Gasteiger partial charge on any atom is -0.463 e. The van der Waals surface area contributed by atoms with Gasteiger partial charge in [-0.15, -0.1) is 0 Å². The number of amides is 1. The first kappa shape index (κ1) is 22.5. The fraction of sp³-hybridized carbons (Fsp3) is 0.333. The minimum atomic E-state index is -3.95. The van der Waals surface area contributed by atoms with Crippen LogP contribution >= 0.6 is 0 Å². The maximum Gasteiger partial charge on any atom is 0.330 e. The van der Waals surface area contributed by atoms with E-state index in [1.165, 1.54) is 0 Å². The zero-order chi connectivity index (χ0) is 13.9. The summed E-state index contributed by atoms with van der Waals surface area (Å²) in [5, 5.41) is 0. The van der Waals surface area contributed by atoms with Gasteiger partial charge in [0, 0.05) is 35.6 Å². The first-order valence-corrected chi connectivity index (χ1v) is 6.00. The van der Waals surface area contributed by atoms with Gasteiger partial charge in [0.1, 0.15) is 0 Å². The summed E-state index contributed by atoms with van der Waals surface area (Å²) in [6.07, 6.45) is 2.12. The number of hydrogen-bond acceptors (Lipinski definition) is 5. The van der Waals surface area contributed by atoms with E-state index in [-0.39, 0.29) is 42.6 Å². The molecule has 0 atom stereocenters. The normalized spacial score (nSPS) is 8.94. The van der Waals surface area contributed by atoms with Crippen LogP contribution in [-0.4, -0.2) is 66.8 Å². The van der Waals surface area contributed by atoms with Crippen LogP contribution in [0.3, 0.4) is 0 Å². The third-order valence-corrected chi connectivity index (χ3v) is 1.96. The van der Waals surface area contributed by atoms with Gasteiger partial charge in [0.25, 0.3) is 10.1 Å². The molecule has 0 bridgehead atoms. The van der Waals surface area contributed by atoms with Crippen LogP contribution in [-0.2, 0) is 24.4 Å². The number of hydrogen-bond donors (Lipinski definition) is 2. The van der Waals surface area contributed by atoms with E-state index in [1.807, 2.05) is 0 Å². The van der Waals surface area contributed by atoms with E-state index in [4.69, 9.17) is 4.55 Å². The Balaban J connectivity index is -0.000000321. The molecular weight excluding hydrogens is 273 g/mol. The summed E-state index contributed by atoms with van der Waals surface area (Å²) >= 11 is 0. The number of carbonyl (C=O) groups is 2. The zero-order valence-corrected chi connectivity index (χ0v) is 13.0. The molecule has 0 aromatic rings. The summed E-state index contributed by atoms with van der Waals surface area (Å²) in [7, 11) is -3.95. The molecular formula is C9H15NNaO6S. The molecule has 9 heteroatoms. The molecule has 0 unspecified atom stereocenters. The van der Waals surface area contributed by atoms with Crippen molar-refractivity contribution in [1.82, 2.24) is 0 Å². The van der Waals surface area contributed by atoms with Crippen LogP contribution in [0.5, 0.6) is 0 Å². The van der Waals surface area contributed by atoms with E-state index in [1.54, 1.807) is 0 Å². The summed E-state index contributed by atoms with van der Waals surface area (Å²) < 4.78 is 33.0. The number of nitrogens with two attached hydrogens (primary N) is 1. The van der Waals surface area contributed by atoms with Gasteiger partial charge >= 0.3 is 5.97 Å². The Kier molecular flexibility index (Phi) is 16.0. The number of rotatable bonds is 6. The Morgan fingerprint density at radius 2 is 1.72 bits per heavy atom. The second-order valence-corrected chi connectivity index (χ2v) is 4.19. The van der Waals surface area contributed by atoms with E-state index in [0.29, 0.717) is 0 Å². The summed E-state index contributed by atoms with van der Waals surface area (Å²) in [6, 6.07) is 0. The van der Waals surface area contributed by atoms with Gasteiger partial charge in [0.15, 0.2) is 0 Å². The van der Waals surface area contributed by atoms with Crippen LogP contribution in [0.25, 0.3) is 0 Å². The smallest absolute Gasteiger partial charge is 0.330 e. The van der Waals surface area contributed by atoms with Crippen LogP contribution in [0.1, 0.15) is 6.42 Å². The Labute approximate surface area is 128 Å². The van der Waals surface area contributed by atoms with Crippen molar-refractivity contribution in [3.63, 3.8) is 0 Å². The molecule has 0 aromatic carbocycles. The molecule has 0 aliphatic heterocycles. The Morgan fingerprint density at radius 3 is 2.00 bits per heavy atom. The molecule has 0 fully saturated rings. The number of carbonyl (C=O) groups excluding carboxylic acids is 2. The summed E-state index contributed by atoms with van der Waals surface area (Å²) in [6.45, 7) is 6.19. The summed E-state index contributed by atoms with van der Waals surface area (Å²) in [4.78, 5) is 19.9. The van der Waals surface area contributed by atoms with E-state index >= 15 is 0 Å². The van der Waals surface area contributed by atoms with E-state index in [0.717, 1.165) is 12.2 Å². The van der Waals surface area contributed by atoms with E-state index in [2.05, 4.69) is 23.6 Å². The summed E-state index contributed by atoms with van der Waals surface area (Å²) in [5.41, 5.74) is 4.53. The summed E-state index contributed by atoms with van der Waals surface area (Å²) in [5.74, 6) is -1.49. The molecule has 1 amide bonds. The molecule has 3 N–H and O–H groups in total. The fourth-order valence-corrected chi connectivity index (χ4v) is 0.956. The van der Waals surface area contributed by atoms with Gasteiger partial charge < -0.3 is 10.5 Å². The monoisotopic (exact) mass is 288 g/mol. The third-order valence-electron chi connectivity index (χ3n) is 1.16. The Hall–Kier alpha value is -0.670. The minimum absolute atomic E-state index is 0. The van der Waals surface area contributed by atoms with Gasteiger partial charge in [-0.1, -0.05) is 13.2 Å². The average Bonchev–Trinajstić information content (AvgIpc) is 2.23. The van der Waals surface area contributed by atoms with Crippen molar-refractivity contribution in [2.75, 3.05) is 12.4 Å². The number of primary amides is 1. The second-order valence-electron chi connectivity index (χ2n) is 2.62. The predicted octanol–water partition coefficient (Wildman–Crippen LogP) is -0.730. The molecule has 0 saturated heterocycles. The first-order chi connectivity index (χ1) is 7.72. The maximum absolute atomic E-state index is 10.4. The third kappa shape index (κ3) is 24.5. The number of ether oxygens (including phenoxy) is 1. The molecule has 0 rings (SSSR count). The van der Waals surface area contributed by atoms with Crippen LogP contribution in [0.4, 0.5) is 0 Å². The van der Waals surface area contributed by atoms with Crippen molar-refractivity contribution in [2.24, 2.45) is 5.73 Å². The van der Waals surface area contributed by atoms with E-state index < -0.39 is 27.7 Å². The molecule has 0 aliphatic carbocycles. The molecule has 1 radical (unpaired) electrons. The van der Waals surface area contributed by atoms with Gasteiger partial charge in [-0.25, -0.2) is 4.79 Å². The van der Waals surface area contributed by atoms with Crippen molar-refractivity contribution in [3.05, 3.63) is 25.3 Å². The van der Waals surface area contributed by atoms with Crippen molar-refractivity contribution in [1.29, 1.82) is 0 Å². The largest absolute Gasteiger partial charge is 0.463 e. The maximum atomic E-state index is 10.4. The second kappa shape index (κ2) is 12.8. The quantitative estimate of drug-likeness (QED) is 0.218. The molecule has 0 heterocycles. The van der Waals surface area contributed by atoms with Gasteiger partial charge in [0.2, 0.25) is 5.91 Å². The van der Waals surface area contributed by atoms with Crippen LogP contribution in [0.15, 0.2) is 25.3 Å².